The van der Waals surface area contributed by atoms with Crippen LogP contribution < -0.4 is 5.32 Å². The predicted molar refractivity (Wildman–Crippen MR) is 93.3 cm³/mol. The molecule has 4 nitrogen and oxygen atoms in total. The van der Waals surface area contributed by atoms with Gasteiger partial charge in [0.05, 0.1) is 6.54 Å². The fourth-order valence-electron chi connectivity index (χ4n) is 4.78. The van der Waals surface area contributed by atoms with Crippen LogP contribution in [0.4, 0.5) is 0 Å². The Morgan fingerprint density at radius 1 is 1.14 bits per heavy atom. The molecule has 1 unspecified atom stereocenters. The maximum absolute atomic E-state index is 5.02. The smallest absolute Gasteiger partial charge is 0.193 e. The molecule has 4 heteroatoms. The monoisotopic (exact) mass is 306 g/mol. The Labute approximate surface area is 136 Å². The van der Waals surface area contributed by atoms with Crippen LogP contribution in [0.15, 0.2) is 4.99 Å². The van der Waals surface area contributed by atoms with E-state index < -0.39 is 0 Å². The van der Waals surface area contributed by atoms with Crippen LogP contribution in [0.3, 0.4) is 0 Å². The summed E-state index contributed by atoms with van der Waals surface area (Å²) < 4.78 is 0. The summed E-state index contributed by atoms with van der Waals surface area (Å²) in [5.41, 5.74) is 0.624. The molecule has 2 heterocycles. The number of likely N-dealkylation sites (tertiary alicyclic amines) is 2. The number of guanidine groups is 1. The maximum atomic E-state index is 5.02. The number of likely N-dealkylation sites (N-methyl/N-ethyl adjacent to an activating group) is 1. The summed E-state index contributed by atoms with van der Waals surface area (Å²) in [5.74, 6) is 1.18. The van der Waals surface area contributed by atoms with Crippen molar-refractivity contribution < 1.29 is 0 Å². The Morgan fingerprint density at radius 3 is 2.68 bits per heavy atom. The summed E-state index contributed by atoms with van der Waals surface area (Å²) in [6.45, 7) is 11.3. The normalized spacial score (nSPS) is 28.9. The quantitative estimate of drug-likeness (QED) is 0.640. The molecule has 3 aliphatic rings. The lowest BCUT2D eigenvalue weighted by Crippen LogP contribution is -2.42. The summed E-state index contributed by atoms with van der Waals surface area (Å²) in [6.07, 6.45) is 9.80. The lowest BCUT2D eigenvalue weighted by Gasteiger charge is -2.27. The molecule has 1 aliphatic carbocycles. The highest BCUT2D eigenvalue weighted by Gasteiger charge is 2.41. The van der Waals surface area contributed by atoms with Gasteiger partial charge in [-0.2, -0.15) is 0 Å². The second kappa shape index (κ2) is 7.20. The van der Waals surface area contributed by atoms with Crippen molar-refractivity contribution in [2.75, 3.05) is 39.3 Å². The Bertz CT molecular complexity index is 387. The Kier molecular flexibility index (Phi) is 5.27. The molecule has 1 atom stereocenters. The van der Waals surface area contributed by atoms with Crippen molar-refractivity contribution in [3.8, 4) is 0 Å². The van der Waals surface area contributed by atoms with E-state index in [0.29, 0.717) is 11.5 Å². The van der Waals surface area contributed by atoms with E-state index in [1.165, 1.54) is 77.1 Å². The van der Waals surface area contributed by atoms with Gasteiger partial charge in [-0.1, -0.05) is 19.8 Å². The molecule has 22 heavy (non-hydrogen) atoms. The molecule has 1 N–H and O–H groups in total. The van der Waals surface area contributed by atoms with E-state index in [2.05, 4.69) is 29.0 Å². The second-order valence-electron chi connectivity index (χ2n) is 7.50. The summed E-state index contributed by atoms with van der Waals surface area (Å²) in [5, 5.41) is 3.55. The second-order valence-corrected chi connectivity index (χ2v) is 7.50. The number of hydrogen-bond donors (Lipinski definition) is 1. The summed E-state index contributed by atoms with van der Waals surface area (Å²) in [4.78, 5) is 10.2. The molecule has 0 amide bonds. The molecule has 126 valence electrons. The molecule has 1 spiro atoms. The van der Waals surface area contributed by atoms with E-state index in [1.54, 1.807) is 0 Å². The highest BCUT2D eigenvalue weighted by Crippen LogP contribution is 2.45. The third-order valence-electron chi connectivity index (χ3n) is 6.09. The van der Waals surface area contributed by atoms with E-state index in [-0.39, 0.29) is 0 Å². The minimum Gasteiger partial charge on any atom is -0.357 e. The van der Waals surface area contributed by atoms with Crippen molar-refractivity contribution in [3.63, 3.8) is 0 Å². The van der Waals surface area contributed by atoms with Gasteiger partial charge in [0.15, 0.2) is 5.96 Å². The van der Waals surface area contributed by atoms with Gasteiger partial charge in [0.1, 0.15) is 0 Å². The highest BCUT2D eigenvalue weighted by molar-refractivity contribution is 5.80. The minimum absolute atomic E-state index is 0.624. The standard InChI is InChI=1S/C18H34N4/c1-3-19-17(20-14-16-8-7-12-21(16)4-2)22-13-11-18(15-22)9-5-6-10-18/h16H,3-15H2,1-2H3,(H,19,20). The van der Waals surface area contributed by atoms with Gasteiger partial charge in [-0.25, -0.2) is 0 Å². The Balaban J connectivity index is 1.61. The first-order chi connectivity index (χ1) is 10.8. The average Bonchev–Trinajstić information content (AvgIpc) is 3.26. The van der Waals surface area contributed by atoms with Crippen molar-refractivity contribution >= 4 is 5.96 Å². The van der Waals surface area contributed by atoms with E-state index in [0.717, 1.165) is 13.1 Å². The van der Waals surface area contributed by atoms with E-state index in [4.69, 9.17) is 4.99 Å². The molecule has 3 rings (SSSR count). The predicted octanol–water partition coefficient (Wildman–Crippen LogP) is 2.70. The largest absolute Gasteiger partial charge is 0.357 e. The fourth-order valence-corrected chi connectivity index (χ4v) is 4.78. The number of aliphatic imine (C=N–C) groups is 1. The van der Waals surface area contributed by atoms with Gasteiger partial charge in [0.2, 0.25) is 0 Å². The third kappa shape index (κ3) is 3.42. The van der Waals surface area contributed by atoms with Gasteiger partial charge in [0.25, 0.3) is 0 Å². The summed E-state index contributed by atoms with van der Waals surface area (Å²) in [7, 11) is 0. The van der Waals surface area contributed by atoms with Crippen LogP contribution in [0.25, 0.3) is 0 Å². The lowest BCUT2D eigenvalue weighted by molar-refractivity contribution is 0.271. The fraction of sp³-hybridized carbons (Fsp3) is 0.944. The van der Waals surface area contributed by atoms with E-state index in [1.807, 2.05) is 0 Å². The van der Waals surface area contributed by atoms with Crippen LogP contribution in [0.1, 0.15) is 58.8 Å². The molecule has 2 saturated heterocycles. The van der Waals surface area contributed by atoms with Crippen molar-refractivity contribution in [1.29, 1.82) is 0 Å². The van der Waals surface area contributed by atoms with Crippen LogP contribution in [0.5, 0.6) is 0 Å². The van der Waals surface area contributed by atoms with Crippen LogP contribution >= 0.6 is 0 Å². The molecule has 0 bridgehead atoms. The molecule has 1 saturated carbocycles. The average molecular weight is 306 g/mol. The SMILES string of the molecule is CCNC(=NCC1CCCN1CC)N1CCC2(CCCC2)C1. The van der Waals surface area contributed by atoms with Crippen LogP contribution in [0, 0.1) is 5.41 Å². The maximum Gasteiger partial charge on any atom is 0.193 e. The van der Waals surface area contributed by atoms with Gasteiger partial charge < -0.3 is 10.2 Å². The van der Waals surface area contributed by atoms with Gasteiger partial charge in [-0.15, -0.1) is 0 Å². The van der Waals surface area contributed by atoms with Crippen molar-refractivity contribution in [1.82, 2.24) is 15.1 Å². The molecule has 0 aromatic heterocycles. The zero-order valence-corrected chi connectivity index (χ0v) is 14.6. The summed E-state index contributed by atoms with van der Waals surface area (Å²) in [6, 6.07) is 0.668. The zero-order chi connectivity index (χ0) is 15.4. The number of rotatable bonds is 4. The lowest BCUT2D eigenvalue weighted by atomic mass is 9.86. The first kappa shape index (κ1) is 16.1. The first-order valence-corrected chi connectivity index (χ1v) is 9.54. The molecule has 3 fully saturated rings. The Hall–Kier alpha value is -0.770. The molecule has 2 aliphatic heterocycles. The van der Waals surface area contributed by atoms with Crippen molar-refractivity contribution in [2.24, 2.45) is 10.4 Å². The number of nitrogens with zero attached hydrogens (tertiary/aromatic N) is 3. The van der Waals surface area contributed by atoms with Crippen molar-refractivity contribution in [2.45, 2.75) is 64.8 Å². The van der Waals surface area contributed by atoms with E-state index in [9.17, 15) is 0 Å². The molecular formula is C18H34N4. The van der Waals surface area contributed by atoms with Crippen LogP contribution in [0.2, 0.25) is 0 Å². The van der Waals surface area contributed by atoms with Gasteiger partial charge >= 0.3 is 0 Å². The zero-order valence-electron chi connectivity index (χ0n) is 14.6. The Morgan fingerprint density at radius 2 is 1.95 bits per heavy atom. The number of hydrogen-bond acceptors (Lipinski definition) is 2. The van der Waals surface area contributed by atoms with Gasteiger partial charge in [-0.3, -0.25) is 9.89 Å². The molecule has 0 radical (unpaired) electrons. The van der Waals surface area contributed by atoms with Crippen LogP contribution in [-0.4, -0.2) is 61.1 Å². The van der Waals surface area contributed by atoms with E-state index >= 15 is 0 Å². The molecule has 0 aromatic rings. The van der Waals surface area contributed by atoms with Crippen molar-refractivity contribution in [3.05, 3.63) is 0 Å². The topological polar surface area (TPSA) is 30.9 Å². The number of nitrogens with one attached hydrogen (secondary N) is 1. The third-order valence-corrected chi connectivity index (χ3v) is 6.09. The highest BCUT2D eigenvalue weighted by atomic mass is 15.3. The molecular weight excluding hydrogens is 272 g/mol. The van der Waals surface area contributed by atoms with Gasteiger partial charge in [-0.05, 0) is 57.5 Å². The minimum atomic E-state index is 0.624. The summed E-state index contributed by atoms with van der Waals surface area (Å²) >= 11 is 0. The van der Waals surface area contributed by atoms with Crippen LogP contribution in [-0.2, 0) is 0 Å². The van der Waals surface area contributed by atoms with Gasteiger partial charge in [0, 0.05) is 25.7 Å². The molecule has 0 aromatic carbocycles. The first-order valence-electron chi connectivity index (χ1n) is 9.54.